The van der Waals surface area contributed by atoms with Crippen molar-refractivity contribution >= 4 is 23.2 Å². The maximum atomic E-state index is 12.1. The van der Waals surface area contributed by atoms with E-state index in [-0.39, 0.29) is 5.91 Å². The second kappa shape index (κ2) is 7.82. The number of hydrogen-bond acceptors (Lipinski definition) is 2. The highest BCUT2D eigenvalue weighted by Crippen LogP contribution is 2.26. The van der Waals surface area contributed by atoms with Crippen molar-refractivity contribution in [1.29, 1.82) is 0 Å². The maximum Gasteiger partial charge on any atom is 0.279 e. The minimum atomic E-state index is -0.0466. The number of nitrogens with one attached hydrogen (secondary N) is 2. The molecule has 22 heavy (non-hydrogen) atoms. The van der Waals surface area contributed by atoms with Crippen molar-refractivity contribution in [3.8, 4) is 5.75 Å². The van der Waals surface area contributed by atoms with Gasteiger partial charge in [-0.15, -0.1) is 0 Å². The minimum absolute atomic E-state index is 0.0466. The number of anilines is 1. The van der Waals surface area contributed by atoms with Crippen LogP contribution < -0.4 is 15.0 Å². The van der Waals surface area contributed by atoms with Gasteiger partial charge in [-0.1, -0.05) is 41.9 Å². The Morgan fingerprint density at radius 2 is 1.95 bits per heavy atom. The van der Waals surface area contributed by atoms with Gasteiger partial charge in [-0.3, -0.25) is 4.79 Å². The lowest BCUT2D eigenvalue weighted by Gasteiger charge is -2.14. The molecule has 2 aromatic carbocycles. The summed E-state index contributed by atoms with van der Waals surface area (Å²) in [5.74, 6) is 0.543. The molecule has 2 N–H and O–H groups in total. The second-order valence-electron chi connectivity index (χ2n) is 5.19. The van der Waals surface area contributed by atoms with Crippen molar-refractivity contribution in [2.45, 2.75) is 6.54 Å². The third kappa shape index (κ3) is 4.76. The molecule has 0 aliphatic rings. The van der Waals surface area contributed by atoms with Crippen LogP contribution in [-0.2, 0) is 11.3 Å². The molecule has 0 spiro atoms. The van der Waals surface area contributed by atoms with Crippen LogP contribution in [0.4, 0.5) is 5.69 Å². The number of likely N-dealkylation sites (N-methyl/N-ethyl adjacent to an activating group) is 1. The van der Waals surface area contributed by atoms with Gasteiger partial charge in [0.25, 0.3) is 5.91 Å². The molecule has 0 fully saturated rings. The van der Waals surface area contributed by atoms with Crippen LogP contribution in [-0.4, -0.2) is 26.6 Å². The lowest BCUT2D eigenvalue weighted by atomic mass is 10.2. The van der Waals surface area contributed by atoms with Crippen molar-refractivity contribution in [2.75, 3.05) is 26.0 Å². The summed E-state index contributed by atoms with van der Waals surface area (Å²) >= 11 is 6.04. The van der Waals surface area contributed by atoms with Crippen molar-refractivity contribution < 1.29 is 14.4 Å². The molecule has 5 heteroatoms. The van der Waals surface area contributed by atoms with Crippen LogP contribution in [0.3, 0.4) is 0 Å². The summed E-state index contributed by atoms with van der Waals surface area (Å²) in [5.41, 5.74) is 1.88. The zero-order valence-electron chi connectivity index (χ0n) is 12.7. The van der Waals surface area contributed by atoms with Gasteiger partial charge in [0.05, 0.1) is 19.2 Å². The number of quaternary nitrogens is 1. The molecule has 0 saturated heterocycles. The van der Waals surface area contributed by atoms with E-state index in [4.69, 9.17) is 16.3 Å². The Kier molecular flexibility index (Phi) is 5.81. The number of rotatable bonds is 6. The molecule has 0 aliphatic heterocycles. The second-order valence-corrected chi connectivity index (χ2v) is 5.60. The van der Waals surface area contributed by atoms with Crippen LogP contribution in [0.5, 0.6) is 5.75 Å². The van der Waals surface area contributed by atoms with Crippen molar-refractivity contribution in [3.63, 3.8) is 0 Å². The first-order valence-corrected chi connectivity index (χ1v) is 7.45. The van der Waals surface area contributed by atoms with Gasteiger partial charge >= 0.3 is 0 Å². The Bertz CT molecular complexity index is 632. The highest BCUT2D eigenvalue weighted by molar-refractivity contribution is 6.32. The van der Waals surface area contributed by atoms with Crippen LogP contribution in [0.15, 0.2) is 48.5 Å². The highest BCUT2D eigenvalue weighted by Gasteiger charge is 2.11. The number of carbonyl (C=O) groups is 1. The zero-order chi connectivity index (χ0) is 15.9. The predicted molar refractivity (Wildman–Crippen MR) is 88.5 cm³/mol. The number of hydrogen-bond donors (Lipinski definition) is 2. The minimum Gasteiger partial charge on any atom is -0.495 e. The van der Waals surface area contributed by atoms with Crippen LogP contribution >= 0.6 is 11.6 Å². The molecule has 2 aromatic rings. The van der Waals surface area contributed by atoms with Crippen LogP contribution in [0, 0.1) is 0 Å². The van der Waals surface area contributed by atoms with E-state index >= 15 is 0 Å². The number of carbonyl (C=O) groups excluding carboxylic acids is 1. The standard InChI is InChI=1S/C17H19ClN2O2/c1-20(11-13-6-4-3-5-7-13)12-17(21)19-14-8-9-16(22-2)15(18)10-14/h3-10H,11-12H2,1-2H3,(H,19,21)/p+1. The molecule has 2 rings (SSSR count). The number of ether oxygens (including phenoxy) is 1. The number of amides is 1. The van der Waals surface area contributed by atoms with E-state index in [9.17, 15) is 4.79 Å². The number of benzene rings is 2. The highest BCUT2D eigenvalue weighted by atomic mass is 35.5. The largest absolute Gasteiger partial charge is 0.495 e. The molecular formula is C17H20ClN2O2+. The van der Waals surface area contributed by atoms with Crippen molar-refractivity contribution in [3.05, 3.63) is 59.1 Å². The summed E-state index contributed by atoms with van der Waals surface area (Å²) in [4.78, 5) is 13.2. The van der Waals surface area contributed by atoms with E-state index in [0.717, 1.165) is 11.4 Å². The van der Waals surface area contributed by atoms with Gasteiger partial charge in [0.15, 0.2) is 6.54 Å². The summed E-state index contributed by atoms with van der Waals surface area (Å²) in [5, 5.41) is 3.33. The van der Waals surface area contributed by atoms with E-state index in [1.54, 1.807) is 25.3 Å². The average Bonchev–Trinajstić information content (AvgIpc) is 2.48. The Hall–Kier alpha value is -2.04. The summed E-state index contributed by atoms with van der Waals surface area (Å²) in [6.45, 7) is 1.19. The molecule has 1 atom stereocenters. The summed E-state index contributed by atoms with van der Waals surface area (Å²) in [6, 6.07) is 15.3. The van der Waals surface area contributed by atoms with Crippen LogP contribution in [0.1, 0.15) is 5.56 Å². The fourth-order valence-electron chi connectivity index (χ4n) is 2.23. The summed E-state index contributed by atoms with van der Waals surface area (Å²) in [7, 11) is 3.55. The van der Waals surface area contributed by atoms with Gasteiger partial charge in [0.2, 0.25) is 0 Å². The Labute approximate surface area is 135 Å². The van der Waals surface area contributed by atoms with Gasteiger partial charge in [-0.05, 0) is 18.2 Å². The van der Waals surface area contributed by atoms with E-state index in [0.29, 0.717) is 23.0 Å². The SMILES string of the molecule is COc1ccc(NC(=O)C[NH+](C)Cc2ccccc2)cc1Cl. The lowest BCUT2D eigenvalue weighted by molar-refractivity contribution is -0.885. The van der Waals surface area contributed by atoms with Crippen LogP contribution in [0.2, 0.25) is 5.02 Å². The molecule has 0 aromatic heterocycles. The Morgan fingerprint density at radius 3 is 2.59 bits per heavy atom. The zero-order valence-corrected chi connectivity index (χ0v) is 13.5. The van der Waals surface area contributed by atoms with Gasteiger partial charge in [-0.25, -0.2) is 0 Å². The van der Waals surface area contributed by atoms with Gasteiger partial charge < -0.3 is 15.0 Å². The summed E-state index contributed by atoms with van der Waals surface area (Å²) in [6.07, 6.45) is 0. The quantitative estimate of drug-likeness (QED) is 0.855. The van der Waals surface area contributed by atoms with E-state index in [1.165, 1.54) is 5.56 Å². The molecule has 1 amide bonds. The molecule has 0 aliphatic carbocycles. The predicted octanol–water partition coefficient (Wildman–Crippen LogP) is 2.00. The smallest absolute Gasteiger partial charge is 0.279 e. The van der Waals surface area contributed by atoms with Crippen molar-refractivity contribution in [1.82, 2.24) is 0 Å². The Balaban J connectivity index is 1.88. The first-order valence-electron chi connectivity index (χ1n) is 7.07. The molecule has 116 valence electrons. The van der Waals surface area contributed by atoms with Gasteiger partial charge in [0.1, 0.15) is 12.3 Å². The van der Waals surface area contributed by atoms with E-state index in [2.05, 4.69) is 17.4 Å². The van der Waals surface area contributed by atoms with Crippen molar-refractivity contribution in [2.24, 2.45) is 0 Å². The molecule has 0 bridgehead atoms. The van der Waals surface area contributed by atoms with Gasteiger partial charge in [0, 0.05) is 11.3 Å². The third-order valence-corrected chi connectivity index (χ3v) is 3.54. The molecule has 0 radical (unpaired) electrons. The molecule has 0 saturated carbocycles. The lowest BCUT2D eigenvalue weighted by Crippen LogP contribution is -3.08. The molecular weight excluding hydrogens is 300 g/mol. The van der Waals surface area contributed by atoms with Gasteiger partial charge in [-0.2, -0.15) is 0 Å². The molecule has 0 heterocycles. The average molecular weight is 320 g/mol. The first-order chi connectivity index (χ1) is 10.6. The fraction of sp³-hybridized carbons (Fsp3) is 0.235. The fourth-order valence-corrected chi connectivity index (χ4v) is 2.49. The van der Waals surface area contributed by atoms with Crippen LogP contribution in [0.25, 0.3) is 0 Å². The first kappa shape index (κ1) is 16.3. The van der Waals surface area contributed by atoms with E-state index < -0.39 is 0 Å². The Morgan fingerprint density at radius 1 is 1.23 bits per heavy atom. The number of halogens is 1. The molecule has 4 nitrogen and oxygen atoms in total. The third-order valence-electron chi connectivity index (χ3n) is 3.25. The number of methoxy groups -OCH3 is 1. The van der Waals surface area contributed by atoms with E-state index in [1.807, 2.05) is 25.2 Å². The topological polar surface area (TPSA) is 42.8 Å². The molecule has 1 unspecified atom stereocenters. The maximum absolute atomic E-state index is 12.1. The summed E-state index contributed by atoms with van der Waals surface area (Å²) < 4.78 is 5.09. The normalized spacial score (nSPS) is 11.8. The monoisotopic (exact) mass is 319 g/mol.